The molecule has 2 heterocycles. The molecule has 0 spiro atoms. The fourth-order valence-electron chi connectivity index (χ4n) is 3.01. The van der Waals surface area contributed by atoms with Gasteiger partial charge in [0.1, 0.15) is 48.8 Å². The summed E-state index contributed by atoms with van der Waals surface area (Å²) in [5.74, 6) is 0. The topological polar surface area (TPSA) is 283 Å². The lowest BCUT2D eigenvalue weighted by atomic mass is 9.98. The maximum absolute atomic E-state index is 11.4. The van der Waals surface area contributed by atoms with E-state index in [0.29, 0.717) is 0 Å². The largest absolute Gasteiger partial charge is 0.470 e. The van der Waals surface area contributed by atoms with E-state index in [9.17, 15) is 39.8 Å². The zero-order valence-electron chi connectivity index (χ0n) is 15.4. The Morgan fingerprint density at radius 2 is 1.10 bits per heavy atom. The lowest BCUT2D eigenvalue weighted by Crippen LogP contribution is -2.64. The maximum atomic E-state index is 11.4. The summed E-state index contributed by atoms with van der Waals surface area (Å²) in [6.07, 6.45) is -19.4. The molecule has 2 fully saturated rings. The first kappa shape index (κ1) is 27.1. The highest BCUT2D eigenvalue weighted by atomic mass is 31.2. The Balaban J connectivity index is 2.36. The normalized spacial score (nSPS) is 42.5. The summed E-state index contributed by atoms with van der Waals surface area (Å²) >= 11 is 0. The average Bonchev–Trinajstić information content (AvgIpc) is 2.65. The van der Waals surface area contributed by atoms with Crippen LogP contribution < -0.4 is 0 Å². The molecule has 0 aliphatic carbocycles. The van der Waals surface area contributed by atoms with Crippen LogP contribution in [0.4, 0.5) is 0 Å². The van der Waals surface area contributed by atoms with Gasteiger partial charge in [0.25, 0.3) is 0 Å². The van der Waals surface area contributed by atoms with Crippen molar-refractivity contribution in [2.45, 2.75) is 61.4 Å². The van der Waals surface area contributed by atoms with E-state index < -0.39 is 90.3 Å². The number of aliphatic hydroxyl groups excluding tert-OH is 6. The number of phosphoric acid groups is 2. The first-order valence-corrected chi connectivity index (χ1v) is 11.6. The van der Waals surface area contributed by atoms with E-state index >= 15 is 0 Å². The number of ether oxygens (including phenoxy) is 3. The van der Waals surface area contributed by atoms with Gasteiger partial charge in [0.2, 0.25) is 0 Å². The molecule has 2 saturated heterocycles. The lowest BCUT2D eigenvalue weighted by molar-refractivity contribution is -0.373. The van der Waals surface area contributed by atoms with Gasteiger partial charge in [-0.15, -0.1) is 0 Å². The fraction of sp³-hybridized carbons (Fsp3) is 1.00. The van der Waals surface area contributed by atoms with Gasteiger partial charge in [0.05, 0.1) is 13.2 Å². The van der Waals surface area contributed by atoms with E-state index in [1.54, 1.807) is 0 Å². The molecule has 0 aromatic heterocycles. The van der Waals surface area contributed by atoms with Crippen LogP contribution in [0.3, 0.4) is 0 Å². The summed E-state index contributed by atoms with van der Waals surface area (Å²) in [5.41, 5.74) is 0. The molecule has 19 heteroatoms. The van der Waals surface area contributed by atoms with E-state index in [4.69, 9.17) is 33.8 Å². The van der Waals surface area contributed by atoms with Crippen LogP contribution in [0.2, 0.25) is 0 Å². The number of rotatable bonds is 8. The second-order valence-electron chi connectivity index (χ2n) is 6.67. The monoisotopic (exact) mass is 502 g/mol. The zero-order valence-corrected chi connectivity index (χ0v) is 17.2. The van der Waals surface area contributed by atoms with Crippen molar-refractivity contribution in [1.29, 1.82) is 0 Å². The van der Waals surface area contributed by atoms with Crippen LogP contribution in [-0.4, -0.2) is 125 Å². The average molecular weight is 502 g/mol. The van der Waals surface area contributed by atoms with Gasteiger partial charge in [-0.3, -0.25) is 9.05 Å². The van der Waals surface area contributed by atoms with Crippen LogP contribution in [-0.2, 0) is 32.4 Å². The molecule has 10 atom stereocenters. The molecule has 0 radical (unpaired) electrons. The summed E-state index contributed by atoms with van der Waals surface area (Å²) in [5, 5.41) is 58.4. The van der Waals surface area contributed by atoms with Gasteiger partial charge < -0.3 is 64.4 Å². The molecule has 0 bridgehead atoms. The molecule has 10 N–H and O–H groups in total. The molecular weight excluding hydrogens is 478 g/mol. The Kier molecular flexibility index (Phi) is 9.11. The summed E-state index contributed by atoms with van der Waals surface area (Å²) < 4.78 is 46.7. The van der Waals surface area contributed by atoms with Gasteiger partial charge in [-0.25, -0.2) is 9.13 Å². The molecular formula is C12H24O17P2. The van der Waals surface area contributed by atoms with Crippen LogP contribution in [0.15, 0.2) is 0 Å². The minimum atomic E-state index is -5.44. The molecule has 0 aromatic rings. The molecule has 184 valence electrons. The van der Waals surface area contributed by atoms with Gasteiger partial charge in [0.15, 0.2) is 12.6 Å². The SMILES string of the molecule is O=P(O)(O)O[C@H]1[C@@H](O[C@H]2O[C@H](CO)[C@@H](O)[C@H](O)[C@H]2O)O[C@H](CO)[C@@H](O)[C@@H]1OP(=O)(O)O. The summed E-state index contributed by atoms with van der Waals surface area (Å²) in [6, 6.07) is 0. The smallest absolute Gasteiger partial charge is 0.394 e. The molecule has 17 nitrogen and oxygen atoms in total. The zero-order chi connectivity index (χ0) is 23.7. The van der Waals surface area contributed by atoms with Crippen molar-refractivity contribution < 1.29 is 82.6 Å². The third kappa shape index (κ3) is 6.92. The van der Waals surface area contributed by atoms with Crippen molar-refractivity contribution in [1.82, 2.24) is 0 Å². The van der Waals surface area contributed by atoms with E-state index in [0.717, 1.165) is 0 Å². The van der Waals surface area contributed by atoms with Gasteiger partial charge in [0, 0.05) is 0 Å². The highest BCUT2D eigenvalue weighted by molar-refractivity contribution is 7.46. The Labute approximate surface area is 173 Å². The van der Waals surface area contributed by atoms with E-state index in [1.165, 1.54) is 0 Å². The predicted molar refractivity (Wildman–Crippen MR) is 90.4 cm³/mol. The van der Waals surface area contributed by atoms with Crippen molar-refractivity contribution in [3.63, 3.8) is 0 Å². The first-order valence-electron chi connectivity index (χ1n) is 8.56. The van der Waals surface area contributed by atoms with Gasteiger partial charge in [-0.1, -0.05) is 0 Å². The summed E-state index contributed by atoms with van der Waals surface area (Å²) in [4.78, 5) is 36.4. The third-order valence-electron chi connectivity index (χ3n) is 4.43. The van der Waals surface area contributed by atoms with E-state index in [-0.39, 0.29) is 0 Å². The Morgan fingerprint density at radius 1 is 0.645 bits per heavy atom. The number of hydrogen-bond acceptors (Lipinski definition) is 13. The molecule has 0 amide bonds. The Morgan fingerprint density at radius 3 is 1.58 bits per heavy atom. The molecule has 0 unspecified atom stereocenters. The van der Waals surface area contributed by atoms with E-state index in [2.05, 4.69) is 9.05 Å². The Bertz CT molecular complexity index is 678. The summed E-state index contributed by atoms with van der Waals surface area (Å²) in [6.45, 7) is -1.83. The maximum Gasteiger partial charge on any atom is 0.470 e. The number of aliphatic hydroxyl groups is 6. The van der Waals surface area contributed by atoms with Crippen molar-refractivity contribution >= 4 is 15.6 Å². The van der Waals surface area contributed by atoms with Gasteiger partial charge in [-0.2, -0.15) is 0 Å². The minimum Gasteiger partial charge on any atom is -0.394 e. The number of phosphoric ester groups is 2. The van der Waals surface area contributed by atoms with Gasteiger partial charge in [-0.05, 0) is 0 Å². The molecule has 0 aromatic carbocycles. The molecule has 2 rings (SSSR count). The van der Waals surface area contributed by atoms with Gasteiger partial charge >= 0.3 is 15.6 Å². The molecule has 31 heavy (non-hydrogen) atoms. The van der Waals surface area contributed by atoms with Crippen molar-refractivity contribution in [3.05, 3.63) is 0 Å². The van der Waals surface area contributed by atoms with E-state index in [1.807, 2.05) is 0 Å². The van der Waals surface area contributed by atoms with Crippen LogP contribution >= 0.6 is 15.6 Å². The van der Waals surface area contributed by atoms with Crippen LogP contribution in [0.25, 0.3) is 0 Å². The fourth-order valence-corrected chi connectivity index (χ4v) is 4.11. The second-order valence-corrected chi connectivity index (χ2v) is 9.05. The lowest BCUT2D eigenvalue weighted by Gasteiger charge is -2.46. The molecule has 2 aliphatic rings. The van der Waals surface area contributed by atoms with Crippen LogP contribution in [0, 0.1) is 0 Å². The third-order valence-corrected chi connectivity index (χ3v) is 5.47. The highest BCUT2D eigenvalue weighted by Crippen LogP contribution is 2.47. The number of hydrogen-bond donors (Lipinski definition) is 10. The predicted octanol–water partition coefficient (Wildman–Crippen LogP) is -5.16. The van der Waals surface area contributed by atoms with Crippen LogP contribution in [0.1, 0.15) is 0 Å². The standard InChI is InChI=1S/C12H24O17P2/c13-1-3-5(15)7(17)8(18)11(25-3)27-12-10(29-31(22,23)24)9(28-30(19,20)21)6(16)4(2-14)26-12/h3-18H,1-2H2,(H2,19,20,21)(H2,22,23,24)/t3-,4-,5-,6-,7+,8-,9+,10-,11-,12-/m1/s1. The second kappa shape index (κ2) is 10.4. The molecule has 0 saturated carbocycles. The van der Waals surface area contributed by atoms with Crippen molar-refractivity contribution in [2.75, 3.05) is 13.2 Å². The van der Waals surface area contributed by atoms with Crippen molar-refractivity contribution in [2.24, 2.45) is 0 Å². The summed E-state index contributed by atoms with van der Waals surface area (Å²) in [7, 11) is -10.8. The first-order chi connectivity index (χ1) is 14.2. The minimum absolute atomic E-state index is 0.847. The molecule has 2 aliphatic heterocycles. The van der Waals surface area contributed by atoms with Crippen molar-refractivity contribution in [3.8, 4) is 0 Å². The highest BCUT2D eigenvalue weighted by Gasteiger charge is 2.54. The Hall–Kier alpha value is -0.140. The van der Waals surface area contributed by atoms with Crippen LogP contribution in [0.5, 0.6) is 0 Å². The quantitative estimate of drug-likeness (QED) is 0.139.